The highest BCUT2D eigenvalue weighted by Crippen LogP contribution is 2.19. The van der Waals surface area contributed by atoms with Gasteiger partial charge >= 0.3 is 0 Å². The summed E-state index contributed by atoms with van der Waals surface area (Å²) in [5, 5.41) is 3.15. The molecule has 5 heteroatoms. The molecule has 1 amide bonds. The third-order valence-electron chi connectivity index (χ3n) is 5.61. The van der Waals surface area contributed by atoms with Crippen molar-refractivity contribution >= 4 is 16.9 Å². The first-order chi connectivity index (χ1) is 13.7. The fraction of sp³-hybridized carbons (Fsp3) is 0.391. The summed E-state index contributed by atoms with van der Waals surface area (Å²) in [6.45, 7) is 6.23. The lowest BCUT2D eigenvalue weighted by Gasteiger charge is -2.32. The van der Waals surface area contributed by atoms with Crippen molar-refractivity contribution in [2.45, 2.75) is 32.9 Å². The molecule has 5 nitrogen and oxygen atoms in total. The number of benzene rings is 2. The van der Waals surface area contributed by atoms with Gasteiger partial charge in [0.1, 0.15) is 5.82 Å². The van der Waals surface area contributed by atoms with Gasteiger partial charge in [-0.15, -0.1) is 0 Å². The summed E-state index contributed by atoms with van der Waals surface area (Å²) in [7, 11) is 0. The van der Waals surface area contributed by atoms with E-state index in [-0.39, 0.29) is 11.8 Å². The number of piperidine rings is 1. The van der Waals surface area contributed by atoms with Crippen LogP contribution in [0.4, 0.5) is 0 Å². The van der Waals surface area contributed by atoms with E-state index >= 15 is 0 Å². The standard InChI is InChI=1S/C23H28N4O/c1-18-25-21-11-5-6-12-22(21)27(18)15-13-24-23(28)20-10-7-14-26(17-20)16-19-8-3-2-4-9-19/h2-6,8-9,11-12,20H,7,10,13-17H2,1H3,(H,24,28). The largest absolute Gasteiger partial charge is 0.354 e. The Balaban J connectivity index is 1.30. The normalized spacial score (nSPS) is 17.7. The highest BCUT2D eigenvalue weighted by atomic mass is 16.1. The average Bonchev–Trinajstić information content (AvgIpc) is 3.04. The Morgan fingerprint density at radius 1 is 1.14 bits per heavy atom. The van der Waals surface area contributed by atoms with Gasteiger partial charge in [-0.25, -0.2) is 4.98 Å². The number of aromatic nitrogens is 2. The number of para-hydroxylation sites is 2. The molecule has 3 aromatic rings. The minimum Gasteiger partial charge on any atom is -0.354 e. The second-order valence-electron chi connectivity index (χ2n) is 7.65. The smallest absolute Gasteiger partial charge is 0.224 e. The van der Waals surface area contributed by atoms with Crippen molar-refractivity contribution < 1.29 is 4.79 Å². The van der Waals surface area contributed by atoms with Crippen LogP contribution in [0.5, 0.6) is 0 Å². The SMILES string of the molecule is Cc1nc2ccccc2n1CCNC(=O)C1CCCN(Cc2ccccc2)C1. The molecule has 1 aliphatic rings. The van der Waals surface area contributed by atoms with Crippen LogP contribution in [0.2, 0.25) is 0 Å². The second kappa shape index (κ2) is 8.57. The van der Waals surface area contributed by atoms with Crippen LogP contribution in [-0.2, 0) is 17.9 Å². The van der Waals surface area contributed by atoms with Crippen molar-refractivity contribution in [3.8, 4) is 0 Å². The van der Waals surface area contributed by atoms with Crippen molar-refractivity contribution in [2.75, 3.05) is 19.6 Å². The van der Waals surface area contributed by atoms with Gasteiger partial charge in [-0.1, -0.05) is 42.5 Å². The van der Waals surface area contributed by atoms with E-state index < -0.39 is 0 Å². The van der Waals surface area contributed by atoms with E-state index in [0.29, 0.717) is 6.54 Å². The highest BCUT2D eigenvalue weighted by molar-refractivity contribution is 5.79. The molecule has 4 rings (SSSR count). The summed E-state index contributed by atoms with van der Waals surface area (Å²) in [6, 6.07) is 18.6. The number of hydrogen-bond acceptors (Lipinski definition) is 3. The second-order valence-corrected chi connectivity index (χ2v) is 7.65. The summed E-state index contributed by atoms with van der Waals surface area (Å²) in [5.74, 6) is 1.25. The van der Waals surface area contributed by atoms with Gasteiger partial charge < -0.3 is 9.88 Å². The molecule has 2 aromatic carbocycles. The number of nitrogens with one attached hydrogen (secondary N) is 1. The fourth-order valence-electron chi connectivity index (χ4n) is 4.17. The van der Waals surface area contributed by atoms with Crippen LogP contribution in [0.15, 0.2) is 54.6 Å². The summed E-state index contributed by atoms with van der Waals surface area (Å²) in [4.78, 5) is 19.7. The number of fused-ring (bicyclic) bond motifs is 1. The molecule has 28 heavy (non-hydrogen) atoms. The average molecular weight is 377 g/mol. The molecular weight excluding hydrogens is 348 g/mol. The van der Waals surface area contributed by atoms with Crippen LogP contribution in [0.25, 0.3) is 11.0 Å². The molecule has 1 atom stereocenters. The molecule has 1 saturated heterocycles. The first kappa shape index (κ1) is 18.7. The highest BCUT2D eigenvalue weighted by Gasteiger charge is 2.25. The van der Waals surface area contributed by atoms with E-state index in [1.807, 2.05) is 31.2 Å². The maximum absolute atomic E-state index is 12.7. The zero-order chi connectivity index (χ0) is 19.3. The number of likely N-dealkylation sites (tertiary alicyclic amines) is 1. The summed E-state index contributed by atoms with van der Waals surface area (Å²) in [6.07, 6.45) is 2.06. The van der Waals surface area contributed by atoms with E-state index in [1.165, 1.54) is 5.56 Å². The zero-order valence-corrected chi connectivity index (χ0v) is 16.5. The minimum atomic E-state index is 0.0816. The van der Waals surface area contributed by atoms with Gasteiger partial charge in [0, 0.05) is 26.2 Å². The number of rotatable bonds is 6. The van der Waals surface area contributed by atoms with Gasteiger partial charge in [0.15, 0.2) is 0 Å². The Morgan fingerprint density at radius 3 is 2.79 bits per heavy atom. The number of carbonyl (C=O) groups is 1. The third kappa shape index (κ3) is 4.25. The predicted octanol–water partition coefficient (Wildman–Crippen LogP) is 3.37. The lowest BCUT2D eigenvalue weighted by atomic mass is 9.96. The van der Waals surface area contributed by atoms with Crippen molar-refractivity contribution in [1.29, 1.82) is 0 Å². The van der Waals surface area contributed by atoms with E-state index in [0.717, 1.165) is 55.9 Å². The summed E-state index contributed by atoms with van der Waals surface area (Å²) < 4.78 is 2.18. The first-order valence-corrected chi connectivity index (χ1v) is 10.2. The molecular formula is C23H28N4O. The van der Waals surface area contributed by atoms with Crippen molar-refractivity contribution in [2.24, 2.45) is 5.92 Å². The molecule has 0 spiro atoms. The zero-order valence-electron chi connectivity index (χ0n) is 16.5. The molecule has 1 fully saturated rings. The molecule has 1 unspecified atom stereocenters. The molecule has 146 valence electrons. The maximum atomic E-state index is 12.7. The molecule has 0 saturated carbocycles. The number of aryl methyl sites for hydroxylation is 1. The van der Waals surface area contributed by atoms with E-state index in [1.54, 1.807) is 0 Å². The van der Waals surface area contributed by atoms with Gasteiger partial charge in [0.2, 0.25) is 5.91 Å². The topological polar surface area (TPSA) is 50.2 Å². The van der Waals surface area contributed by atoms with Gasteiger partial charge in [-0.2, -0.15) is 0 Å². The van der Waals surface area contributed by atoms with E-state index in [2.05, 4.69) is 50.1 Å². The lowest BCUT2D eigenvalue weighted by Crippen LogP contribution is -2.43. The van der Waals surface area contributed by atoms with Crippen molar-refractivity contribution in [1.82, 2.24) is 19.8 Å². The van der Waals surface area contributed by atoms with Crippen LogP contribution in [0.3, 0.4) is 0 Å². The molecule has 2 heterocycles. The van der Waals surface area contributed by atoms with E-state index in [4.69, 9.17) is 0 Å². The Morgan fingerprint density at radius 2 is 1.93 bits per heavy atom. The van der Waals surface area contributed by atoms with Gasteiger partial charge in [0.25, 0.3) is 0 Å². The predicted molar refractivity (Wildman–Crippen MR) is 112 cm³/mol. The number of nitrogens with zero attached hydrogens (tertiary/aromatic N) is 3. The lowest BCUT2D eigenvalue weighted by molar-refractivity contribution is -0.126. The van der Waals surface area contributed by atoms with Crippen LogP contribution >= 0.6 is 0 Å². The number of carbonyl (C=O) groups excluding carboxylic acids is 1. The quantitative estimate of drug-likeness (QED) is 0.718. The van der Waals surface area contributed by atoms with E-state index in [9.17, 15) is 4.79 Å². The van der Waals surface area contributed by atoms with Crippen molar-refractivity contribution in [3.63, 3.8) is 0 Å². The fourth-order valence-corrected chi connectivity index (χ4v) is 4.17. The first-order valence-electron chi connectivity index (χ1n) is 10.2. The molecule has 1 N–H and O–H groups in total. The van der Waals surface area contributed by atoms with Gasteiger partial charge in [0.05, 0.1) is 17.0 Å². The van der Waals surface area contributed by atoms with Crippen molar-refractivity contribution in [3.05, 3.63) is 66.0 Å². The summed E-state index contributed by atoms with van der Waals surface area (Å²) >= 11 is 0. The minimum absolute atomic E-state index is 0.0816. The molecule has 1 aliphatic heterocycles. The maximum Gasteiger partial charge on any atom is 0.224 e. The number of hydrogen-bond donors (Lipinski definition) is 1. The Bertz CT molecular complexity index is 934. The number of amides is 1. The monoisotopic (exact) mass is 376 g/mol. The van der Waals surface area contributed by atoms with Crippen LogP contribution in [0, 0.1) is 12.8 Å². The van der Waals surface area contributed by atoms with Crippen LogP contribution in [0.1, 0.15) is 24.2 Å². The van der Waals surface area contributed by atoms with Crippen LogP contribution < -0.4 is 5.32 Å². The van der Waals surface area contributed by atoms with Gasteiger partial charge in [-0.3, -0.25) is 9.69 Å². The Kier molecular flexibility index (Phi) is 5.72. The van der Waals surface area contributed by atoms with Crippen LogP contribution in [-0.4, -0.2) is 40.0 Å². The summed E-state index contributed by atoms with van der Waals surface area (Å²) in [5.41, 5.74) is 3.45. The molecule has 0 radical (unpaired) electrons. The molecule has 0 aliphatic carbocycles. The number of imidazole rings is 1. The Labute approximate surface area is 166 Å². The Hall–Kier alpha value is -2.66. The third-order valence-corrected chi connectivity index (χ3v) is 5.61. The molecule has 1 aromatic heterocycles. The molecule has 0 bridgehead atoms. The van der Waals surface area contributed by atoms with Gasteiger partial charge in [-0.05, 0) is 44.0 Å².